The molecule has 1 aromatic carbocycles. The molecule has 1 aromatic rings. The number of carbonyl (C=O) groups excluding carboxylic acids is 2. The Labute approximate surface area is 172 Å². The van der Waals surface area contributed by atoms with Crippen molar-refractivity contribution in [1.29, 1.82) is 0 Å². The number of amides is 2. The van der Waals surface area contributed by atoms with E-state index in [1.807, 2.05) is 0 Å². The van der Waals surface area contributed by atoms with Gasteiger partial charge < -0.3 is 10.6 Å². The van der Waals surface area contributed by atoms with Gasteiger partial charge in [0.2, 0.25) is 5.91 Å². The Bertz CT molecular complexity index is 726. The van der Waals surface area contributed by atoms with Gasteiger partial charge in [0.05, 0.1) is 16.5 Å². The minimum Gasteiger partial charge on any atom is -0.352 e. The van der Waals surface area contributed by atoms with Crippen LogP contribution in [0, 0.1) is 11.8 Å². The van der Waals surface area contributed by atoms with Crippen LogP contribution in [-0.2, 0) is 4.79 Å². The molecule has 0 saturated heterocycles. The molecule has 1 saturated carbocycles. The average Bonchev–Trinajstić information content (AvgIpc) is 2.58. The number of benzene rings is 1. The van der Waals surface area contributed by atoms with Gasteiger partial charge in [-0.25, -0.2) is 0 Å². The topological polar surface area (TPSA) is 58.2 Å². The summed E-state index contributed by atoms with van der Waals surface area (Å²) in [6.07, 6.45) is -3.44. The Balaban J connectivity index is 2.04. The van der Waals surface area contributed by atoms with E-state index in [0.717, 1.165) is 0 Å². The van der Waals surface area contributed by atoms with Crippen LogP contribution in [-0.4, -0.2) is 30.1 Å². The van der Waals surface area contributed by atoms with E-state index < -0.39 is 36.0 Å². The molecule has 2 rings (SSSR count). The van der Waals surface area contributed by atoms with Crippen LogP contribution in [0.5, 0.6) is 0 Å². The Morgan fingerprint density at radius 1 is 1.18 bits per heavy atom. The van der Waals surface area contributed by atoms with E-state index in [1.165, 1.54) is 18.2 Å². The number of halogens is 5. The van der Waals surface area contributed by atoms with Gasteiger partial charge in [0.1, 0.15) is 6.04 Å². The third-order valence-corrected chi connectivity index (χ3v) is 5.44. The molecule has 1 fully saturated rings. The first-order chi connectivity index (χ1) is 13.0. The van der Waals surface area contributed by atoms with Crippen LogP contribution in [0.25, 0.3) is 0 Å². The van der Waals surface area contributed by atoms with Gasteiger partial charge in [-0.15, -0.1) is 0 Å². The zero-order valence-electron chi connectivity index (χ0n) is 15.6. The Morgan fingerprint density at radius 2 is 1.86 bits per heavy atom. The average molecular weight is 439 g/mol. The second-order valence-corrected chi connectivity index (χ2v) is 8.27. The quantitative estimate of drug-likeness (QED) is 0.680. The maximum Gasteiger partial charge on any atom is 0.391 e. The molecule has 2 N–H and O–H groups in total. The molecule has 0 radical (unpaired) electrons. The van der Waals surface area contributed by atoms with E-state index >= 15 is 0 Å². The molecule has 1 aliphatic carbocycles. The molecular formula is C19H23Cl2F3N2O2. The van der Waals surface area contributed by atoms with Crippen LogP contribution in [0.15, 0.2) is 18.2 Å². The van der Waals surface area contributed by atoms with Crippen LogP contribution in [0.3, 0.4) is 0 Å². The summed E-state index contributed by atoms with van der Waals surface area (Å²) in [5.41, 5.74) is 0.166. The van der Waals surface area contributed by atoms with Crippen LogP contribution in [0.4, 0.5) is 13.2 Å². The molecule has 0 unspecified atom stereocenters. The summed E-state index contributed by atoms with van der Waals surface area (Å²) in [5.74, 6) is -2.72. The van der Waals surface area contributed by atoms with Crippen molar-refractivity contribution in [3.8, 4) is 0 Å². The lowest BCUT2D eigenvalue weighted by molar-refractivity contribution is -0.184. The normalized spacial score (nSPS) is 21.3. The fourth-order valence-electron chi connectivity index (χ4n) is 3.34. The molecule has 1 aliphatic rings. The molecule has 0 heterocycles. The van der Waals surface area contributed by atoms with Gasteiger partial charge in [-0.05, 0) is 43.4 Å². The van der Waals surface area contributed by atoms with Gasteiger partial charge in [0, 0.05) is 11.1 Å². The molecule has 0 spiro atoms. The molecule has 0 bridgehead atoms. The van der Waals surface area contributed by atoms with Crippen molar-refractivity contribution in [2.75, 3.05) is 0 Å². The summed E-state index contributed by atoms with van der Waals surface area (Å²) in [6, 6.07) is 2.91. The number of hydrogen-bond acceptors (Lipinski definition) is 2. The van der Waals surface area contributed by atoms with Crippen molar-refractivity contribution in [1.82, 2.24) is 10.6 Å². The minimum absolute atomic E-state index is 0.0787. The Kier molecular flexibility index (Phi) is 7.62. The number of hydrogen-bond donors (Lipinski definition) is 2. The minimum atomic E-state index is -4.26. The van der Waals surface area contributed by atoms with Crippen molar-refractivity contribution in [2.24, 2.45) is 11.8 Å². The summed E-state index contributed by atoms with van der Waals surface area (Å²) in [7, 11) is 0. The summed E-state index contributed by atoms with van der Waals surface area (Å²) < 4.78 is 38.9. The molecule has 156 valence electrons. The molecule has 4 nitrogen and oxygen atoms in total. The fraction of sp³-hybridized carbons (Fsp3) is 0.579. The van der Waals surface area contributed by atoms with E-state index in [1.54, 1.807) is 13.8 Å². The zero-order valence-corrected chi connectivity index (χ0v) is 17.1. The highest BCUT2D eigenvalue weighted by molar-refractivity contribution is 6.36. The van der Waals surface area contributed by atoms with Crippen molar-refractivity contribution < 1.29 is 22.8 Å². The lowest BCUT2D eigenvalue weighted by atomic mass is 9.85. The molecule has 3 atom stereocenters. The highest BCUT2D eigenvalue weighted by Gasteiger charge is 2.42. The van der Waals surface area contributed by atoms with Gasteiger partial charge in [-0.1, -0.05) is 43.5 Å². The van der Waals surface area contributed by atoms with Gasteiger partial charge in [-0.2, -0.15) is 13.2 Å². The predicted octanol–water partition coefficient (Wildman–Crippen LogP) is 4.99. The van der Waals surface area contributed by atoms with E-state index in [9.17, 15) is 22.8 Å². The van der Waals surface area contributed by atoms with E-state index in [4.69, 9.17) is 23.2 Å². The first-order valence-electron chi connectivity index (χ1n) is 9.12. The first kappa shape index (κ1) is 22.8. The molecular weight excluding hydrogens is 416 g/mol. The number of carbonyl (C=O) groups is 2. The molecule has 2 amide bonds. The SMILES string of the molecule is CC(C)[C@H](NC(=O)c1ccc(Cl)cc1Cl)C(=O)N[C@@H]1CCC[C@H](C(F)(F)F)C1. The predicted molar refractivity (Wildman–Crippen MR) is 102 cm³/mol. The van der Waals surface area contributed by atoms with Crippen LogP contribution < -0.4 is 10.6 Å². The van der Waals surface area contributed by atoms with E-state index in [0.29, 0.717) is 17.9 Å². The molecule has 0 aliphatic heterocycles. The van der Waals surface area contributed by atoms with E-state index in [2.05, 4.69) is 10.6 Å². The smallest absolute Gasteiger partial charge is 0.352 e. The van der Waals surface area contributed by atoms with Crippen molar-refractivity contribution >= 4 is 35.0 Å². The molecule has 9 heteroatoms. The summed E-state index contributed by atoms with van der Waals surface area (Å²) >= 11 is 11.8. The second-order valence-electron chi connectivity index (χ2n) is 7.43. The van der Waals surface area contributed by atoms with Crippen molar-refractivity contribution in [2.45, 2.75) is 57.8 Å². The summed E-state index contributed by atoms with van der Waals surface area (Å²) in [5, 5.41) is 5.82. The maximum absolute atomic E-state index is 13.0. The monoisotopic (exact) mass is 438 g/mol. The van der Waals surface area contributed by atoms with Gasteiger partial charge in [-0.3, -0.25) is 9.59 Å². The van der Waals surface area contributed by atoms with Crippen molar-refractivity contribution in [3.05, 3.63) is 33.8 Å². The highest BCUT2D eigenvalue weighted by atomic mass is 35.5. The number of nitrogens with one attached hydrogen (secondary N) is 2. The summed E-state index contributed by atoms with van der Waals surface area (Å²) in [6.45, 7) is 3.49. The maximum atomic E-state index is 13.0. The fourth-order valence-corrected chi connectivity index (χ4v) is 3.83. The van der Waals surface area contributed by atoms with Gasteiger partial charge >= 0.3 is 6.18 Å². The zero-order chi connectivity index (χ0) is 21.1. The Hall–Kier alpha value is -1.47. The molecule has 28 heavy (non-hydrogen) atoms. The highest BCUT2D eigenvalue weighted by Crippen LogP contribution is 2.37. The summed E-state index contributed by atoms with van der Waals surface area (Å²) in [4.78, 5) is 25.2. The lowest BCUT2D eigenvalue weighted by Crippen LogP contribution is -2.53. The first-order valence-corrected chi connectivity index (χ1v) is 9.87. The number of rotatable bonds is 5. The van der Waals surface area contributed by atoms with Gasteiger partial charge in [0.25, 0.3) is 5.91 Å². The largest absolute Gasteiger partial charge is 0.391 e. The lowest BCUT2D eigenvalue weighted by Gasteiger charge is -2.32. The van der Waals surface area contributed by atoms with E-state index in [-0.39, 0.29) is 29.3 Å². The van der Waals surface area contributed by atoms with Crippen LogP contribution in [0.1, 0.15) is 49.9 Å². The Morgan fingerprint density at radius 3 is 2.43 bits per heavy atom. The van der Waals surface area contributed by atoms with Crippen LogP contribution in [0.2, 0.25) is 10.0 Å². The third-order valence-electron chi connectivity index (χ3n) is 4.89. The third kappa shape index (κ3) is 6.01. The van der Waals surface area contributed by atoms with Gasteiger partial charge in [0.15, 0.2) is 0 Å². The van der Waals surface area contributed by atoms with Crippen molar-refractivity contribution in [3.63, 3.8) is 0 Å². The van der Waals surface area contributed by atoms with Crippen LogP contribution >= 0.6 is 23.2 Å². The second kappa shape index (κ2) is 9.35. The standard InChI is InChI=1S/C19H23Cl2F3N2O2/c1-10(2)16(26-17(27)14-7-6-12(20)9-15(14)21)18(28)25-13-5-3-4-11(8-13)19(22,23)24/h6-7,9-11,13,16H,3-5,8H2,1-2H3,(H,25,28)(H,26,27)/t11-,13+,16-/m0/s1. The molecule has 0 aromatic heterocycles. The number of alkyl halides is 3.